The maximum absolute atomic E-state index is 12.6. The van der Waals surface area contributed by atoms with Crippen LogP contribution in [0.1, 0.15) is 32.1 Å². The van der Waals surface area contributed by atoms with E-state index >= 15 is 0 Å². The zero-order valence-electron chi connectivity index (χ0n) is 29.6. The molecule has 4 aromatic carbocycles. The number of hydrogen-bond acceptors (Lipinski definition) is 10. The van der Waals surface area contributed by atoms with Crippen LogP contribution in [-0.2, 0) is 27.5 Å². The zero-order chi connectivity index (χ0) is 37.6. The van der Waals surface area contributed by atoms with E-state index in [-0.39, 0.29) is 110 Å². The average molecular weight is 823 g/mol. The van der Waals surface area contributed by atoms with E-state index in [1.54, 1.807) is 62.4 Å². The number of aryl methyl sites for hydroxylation is 2. The molecule has 0 atom stereocenters. The fourth-order valence-electron chi connectivity index (χ4n) is 4.75. The Kier molecular flexibility index (Phi) is 17.3. The minimum absolute atomic E-state index is 0. The van der Waals surface area contributed by atoms with Gasteiger partial charge < -0.3 is 15.0 Å². The largest absolute Gasteiger partial charge is 1.00 e. The molecule has 0 aliphatic rings. The van der Waals surface area contributed by atoms with Crippen LogP contribution >= 0.6 is 0 Å². The van der Waals surface area contributed by atoms with Gasteiger partial charge in [0.05, 0.1) is 39.2 Å². The van der Waals surface area contributed by atoms with Crippen molar-refractivity contribution in [3.05, 3.63) is 146 Å². The Morgan fingerprint density at radius 3 is 1.80 bits per heavy atom. The Labute approximate surface area is 367 Å². The fourth-order valence-corrected chi connectivity index (χ4v) is 5.26. The molecular formula is C34H28CrN8Na2O9S+2. The number of nitrogens with one attached hydrogen (secondary N) is 3. The minimum Gasteiger partial charge on any atom is -0.545 e. The van der Waals surface area contributed by atoms with Crippen LogP contribution in [-0.4, -0.2) is 49.6 Å². The van der Waals surface area contributed by atoms with Crippen LogP contribution in [0.25, 0.3) is 11.4 Å². The number of aromatic carboxylic acids is 2. The summed E-state index contributed by atoms with van der Waals surface area (Å²) in [5.74, 6) is -2.80. The van der Waals surface area contributed by atoms with Crippen molar-refractivity contribution < 1.29 is 114 Å². The van der Waals surface area contributed by atoms with Crippen LogP contribution in [0.4, 0.5) is 22.7 Å². The predicted molar refractivity (Wildman–Crippen MR) is 183 cm³/mol. The molecule has 6 rings (SSSR count). The predicted octanol–water partition coefficient (Wildman–Crippen LogP) is -2.83. The quantitative estimate of drug-likeness (QED) is 0.0572. The molecular weight excluding hydrogens is 794 g/mol. The first-order valence-corrected chi connectivity index (χ1v) is 16.5. The van der Waals surface area contributed by atoms with Crippen molar-refractivity contribution in [3.8, 4) is 11.4 Å². The molecule has 2 aromatic heterocycles. The number of H-pyrrole nitrogens is 2. The molecule has 17 nitrogen and oxygen atoms in total. The number of carbonyl (C=O) groups excluding carboxylic acids is 1. The van der Waals surface area contributed by atoms with Gasteiger partial charge >= 0.3 is 76.3 Å². The smallest absolute Gasteiger partial charge is 0.545 e. The number of rotatable bonds is 9. The Morgan fingerprint density at radius 1 is 0.727 bits per heavy atom. The monoisotopic (exact) mass is 822 g/mol. The summed E-state index contributed by atoms with van der Waals surface area (Å²) in [6.07, 6.45) is 0. The molecule has 0 saturated heterocycles. The molecule has 5 N–H and O–H groups in total. The van der Waals surface area contributed by atoms with Gasteiger partial charge in [0.1, 0.15) is 11.4 Å². The van der Waals surface area contributed by atoms with Crippen molar-refractivity contribution in [2.24, 2.45) is 15.3 Å². The second-order valence-corrected chi connectivity index (χ2v) is 12.3. The first kappa shape index (κ1) is 46.6. The van der Waals surface area contributed by atoms with Gasteiger partial charge in [-0.1, -0.05) is 59.7 Å². The second-order valence-electron chi connectivity index (χ2n) is 10.8. The third-order valence-electron chi connectivity index (χ3n) is 7.31. The maximum atomic E-state index is 12.6. The molecule has 55 heavy (non-hydrogen) atoms. The van der Waals surface area contributed by atoms with E-state index in [0.717, 1.165) is 18.2 Å². The molecule has 270 valence electrons. The van der Waals surface area contributed by atoms with Crippen LogP contribution in [0.15, 0.2) is 133 Å². The molecule has 0 radical (unpaired) electrons. The molecule has 0 fully saturated rings. The molecule has 0 unspecified atom stereocenters. The van der Waals surface area contributed by atoms with Gasteiger partial charge in [-0.3, -0.25) is 24.3 Å². The van der Waals surface area contributed by atoms with E-state index in [0.29, 0.717) is 22.8 Å². The Bertz CT molecular complexity index is 2590. The molecule has 0 saturated carbocycles. The molecule has 0 aliphatic heterocycles. The number of benzene rings is 4. The average Bonchev–Trinajstić information content (AvgIpc) is 3.58. The van der Waals surface area contributed by atoms with Crippen molar-refractivity contribution in [1.82, 2.24) is 19.6 Å². The van der Waals surface area contributed by atoms with Crippen LogP contribution in [0.5, 0.6) is 0 Å². The van der Waals surface area contributed by atoms with E-state index in [9.17, 15) is 37.8 Å². The van der Waals surface area contributed by atoms with E-state index in [2.05, 4.69) is 30.7 Å². The molecule has 0 amide bonds. The molecule has 0 aliphatic carbocycles. The van der Waals surface area contributed by atoms with Crippen molar-refractivity contribution in [2.45, 2.75) is 18.7 Å². The van der Waals surface area contributed by atoms with Crippen LogP contribution in [0.2, 0.25) is 0 Å². The van der Waals surface area contributed by atoms with E-state index in [1.807, 2.05) is 24.3 Å². The summed E-state index contributed by atoms with van der Waals surface area (Å²) in [6.45, 7) is 3.33. The third-order valence-corrected chi connectivity index (χ3v) is 8.16. The van der Waals surface area contributed by atoms with Gasteiger partial charge in [0.25, 0.3) is 15.7 Å². The summed E-state index contributed by atoms with van der Waals surface area (Å²) in [7, 11) is -4.57. The number of hydrogen-bond donors (Lipinski definition) is 5. The van der Waals surface area contributed by atoms with Gasteiger partial charge in [-0.05, 0) is 67.5 Å². The Hall–Kier alpha value is -4.52. The first-order chi connectivity index (χ1) is 24.8. The summed E-state index contributed by atoms with van der Waals surface area (Å²) >= 11 is 0. The Morgan fingerprint density at radius 2 is 1.25 bits per heavy atom. The number of aromatic nitrogens is 4. The molecule has 2 heterocycles. The van der Waals surface area contributed by atoms with Gasteiger partial charge in [-0.25, -0.2) is 14.2 Å². The minimum atomic E-state index is -4.57. The molecule has 0 bridgehead atoms. The van der Waals surface area contributed by atoms with Crippen molar-refractivity contribution in [1.29, 1.82) is 0 Å². The number of carboxylic acids is 2. The summed E-state index contributed by atoms with van der Waals surface area (Å²) in [4.78, 5) is 47.0. The zero-order valence-corrected chi connectivity index (χ0v) is 35.7. The van der Waals surface area contributed by atoms with Crippen molar-refractivity contribution in [3.63, 3.8) is 0 Å². The SMILES string of the molecule is Cc1[nH]n(-c2ccccc2)c(=O)c1N=Nc1ccccc1C(=O)[O-].Cc1[nH]n(-c2ccccc2)c(=O)c1[NH+]=Nc1ccc(S(=O)(=O)O)cc1C(=O)O.[Cr].[Na+].[Na+]. The van der Waals surface area contributed by atoms with Crippen molar-refractivity contribution in [2.75, 3.05) is 0 Å². The number of para-hydroxylation sites is 2. The third kappa shape index (κ3) is 11.3. The molecule has 6 aromatic rings. The second kappa shape index (κ2) is 20.4. The normalized spacial score (nSPS) is 10.8. The Balaban J connectivity index is 0.000000364. The fraction of sp³-hybridized carbons (Fsp3) is 0.0588. The number of carbonyl (C=O) groups is 2. The van der Waals surface area contributed by atoms with Gasteiger partial charge in [0.15, 0.2) is 5.69 Å². The summed E-state index contributed by atoms with van der Waals surface area (Å²) in [5.41, 5.74) is 1.14. The van der Waals surface area contributed by atoms with E-state index in [4.69, 9.17) is 4.55 Å². The summed E-state index contributed by atoms with van der Waals surface area (Å²) in [6, 6.07) is 26.8. The number of azo groups is 2. The summed E-state index contributed by atoms with van der Waals surface area (Å²) in [5, 5.41) is 40.4. The van der Waals surface area contributed by atoms with Crippen molar-refractivity contribution >= 4 is 44.8 Å². The topological polar surface area (TPSA) is 258 Å². The number of aromatic amines is 2. The first-order valence-electron chi connectivity index (χ1n) is 15.0. The summed E-state index contributed by atoms with van der Waals surface area (Å²) < 4.78 is 34.1. The standard InChI is InChI=1S/C17H14N4O6S.C17H14N4O3.Cr.2Na/c1-10-15(16(22)21(20-10)11-5-3-2-4-6-11)19-18-14-8-7-12(28(25,26)27)9-13(14)17(23)24;1-11-15(16(22)21(20-11)12-7-3-2-4-8-12)19-18-14-10-6-5-9-13(14)17(23)24;;;/h2-9,20H,1H3,(H,23,24)(H,25,26,27);2-10,20H,1H3,(H,23,24);;;/q;;;2*+1. The van der Waals surface area contributed by atoms with Gasteiger partial charge in [-0.2, -0.15) is 8.42 Å². The van der Waals surface area contributed by atoms with Gasteiger partial charge in [-0.15, -0.1) is 10.2 Å². The van der Waals surface area contributed by atoms with Crippen LogP contribution in [0, 0.1) is 13.8 Å². The number of nitrogens with zero attached hydrogens (tertiary/aromatic N) is 5. The van der Waals surface area contributed by atoms with Crippen LogP contribution in [0.3, 0.4) is 0 Å². The van der Waals surface area contributed by atoms with E-state index < -0.39 is 38.1 Å². The molecule has 21 heteroatoms. The maximum Gasteiger partial charge on any atom is 1.00 e. The van der Waals surface area contributed by atoms with Gasteiger partial charge in [0.2, 0.25) is 0 Å². The van der Waals surface area contributed by atoms with Crippen LogP contribution < -0.4 is 80.5 Å². The van der Waals surface area contributed by atoms with E-state index in [1.165, 1.54) is 21.5 Å². The van der Waals surface area contributed by atoms with Gasteiger partial charge in [0, 0.05) is 22.9 Å². The molecule has 0 spiro atoms. The number of carboxylic acid groups (broad SMARTS) is 2.